The summed E-state index contributed by atoms with van der Waals surface area (Å²) >= 11 is 6.28. The molecule has 1 unspecified atom stereocenters. The fourth-order valence-corrected chi connectivity index (χ4v) is 3.94. The number of hydrogen-bond donors (Lipinski definition) is 1. The van der Waals surface area contributed by atoms with E-state index in [0.29, 0.717) is 17.3 Å². The molecule has 1 aliphatic heterocycles. The molecular formula is C20H17NO4S2. The Kier molecular flexibility index (Phi) is 5.93. The Morgan fingerprint density at radius 3 is 2.59 bits per heavy atom. The first-order chi connectivity index (χ1) is 13.0. The van der Waals surface area contributed by atoms with Gasteiger partial charge in [0.2, 0.25) is 0 Å². The van der Waals surface area contributed by atoms with Crippen LogP contribution < -0.4 is 4.74 Å². The molecule has 2 aromatic carbocycles. The van der Waals surface area contributed by atoms with Gasteiger partial charge >= 0.3 is 5.97 Å². The normalized spacial score (nSPS) is 16.6. The maximum Gasteiger partial charge on any atom is 0.326 e. The standard InChI is InChI=1S/C20H17NO4S2/c1-13(19(23)24)21-18(22)17(27-20(21)26)11-15-9-5-6-10-16(15)25-12-14-7-3-2-4-8-14/h2-11,13H,12H2,1H3,(H,23,24). The topological polar surface area (TPSA) is 66.8 Å². The van der Waals surface area contributed by atoms with Gasteiger partial charge in [-0.2, -0.15) is 0 Å². The number of rotatable bonds is 6. The number of carboxylic acids is 1. The smallest absolute Gasteiger partial charge is 0.326 e. The number of amides is 1. The van der Waals surface area contributed by atoms with Gasteiger partial charge in [0, 0.05) is 5.56 Å². The lowest BCUT2D eigenvalue weighted by atomic mass is 10.1. The number of hydrogen-bond acceptors (Lipinski definition) is 5. The summed E-state index contributed by atoms with van der Waals surface area (Å²) in [5, 5.41) is 9.17. The molecule has 0 saturated carbocycles. The van der Waals surface area contributed by atoms with Crippen LogP contribution in [0.25, 0.3) is 6.08 Å². The molecule has 1 N–H and O–H groups in total. The lowest BCUT2D eigenvalue weighted by molar-refractivity contribution is -0.144. The van der Waals surface area contributed by atoms with Gasteiger partial charge in [-0.3, -0.25) is 9.69 Å². The highest BCUT2D eigenvalue weighted by molar-refractivity contribution is 8.26. The summed E-state index contributed by atoms with van der Waals surface area (Å²) in [5.41, 5.74) is 1.77. The number of benzene rings is 2. The van der Waals surface area contributed by atoms with Crippen LogP contribution in [0.2, 0.25) is 0 Å². The second-order valence-electron chi connectivity index (χ2n) is 5.88. The Balaban J connectivity index is 1.82. The molecule has 1 atom stereocenters. The number of thiocarbonyl (C=S) groups is 1. The van der Waals surface area contributed by atoms with Gasteiger partial charge in [0.1, 0.15) is 22.7 Å². The lowest BCUT2D eigenvalue weighted by Gasteiger charge is -2.18. The summed E-state index contributed by atoms with van der Waals surface area (Å²) in [5.74, 6) is -0.866. The molecule has 1 heterocycles. The minimum Gasteiger partial charge on any atom is -0.488 e. The van der Waals surface area contributed by atoms with Crippen molar-refractivity contribution in [3.8, 4) is 5.75 Å². The molecule has 0 spiro atoms. The largest absolute Gasteiger partial charge is 0.488 e. The van der Waals surface area contributed by atoms with Crippen molar-refractivity contribution in [2.45, 2.75) is 19.6 Å². The van der Waals surface area contributed by atoms with E-state index in [4.69, 9.17) is 17.0 Å². The van der Waals surface area contributed by atoms with Crippen LogP contribution in [-0.4, -0.2) is 32.2 Å². The van der Waals surface area contributed by atoms with Gasteiger partial charge in [-0.25, -0.2) is 4.79 Å². The first-order valence-electron chi connectivity index (χ1n) is 8.23. The van der Waals surface area contributed by atoms with Crippen LogP contribution in [0.3, 0.4) is 0 Å². The lowest BCUT2D eigenvalue weighted by Crippen LogP contribution is -2.41. The molecule has 1 aliphatic rings. The van der Waals surface area contributed by atoms with Gasteiger partial charge in [0.05, 0.1) is 4.91 Å². The third kappa shape index (κ3) is 4.37. The van der Waals surface area contributed by atoms with E-state index in [1.807, 2.05) is 54.6 Å². The van der Waals surface area contributed by atoms with Crippen molar-refractivity contribution in [2.24, 2.45) is 0 Å². The third-order valence-electron chi connectivity index (χ3n) is 4.01. The van der Waals surface area contributed by atoms with Gasteiger partial charge in [0.25, 0.3) is 5.91 Å². The van der Waals surface area contributed by atoms with Crippen molar-refractivity contribution in [1.29, 1.82) is 0 Å². The maximum absolute atomic E-state index is 12.6. The van der Waals surface area contributed by atoms with Crippen LogP contribution in [-0.2, 0) is 16.2 Å². The monoisotopic (exact) mass is 399 g/mol. The molecule has 0 bridgehead atoms. The number of para-hydroxylation sites is 1. The quantitative estimate of drug-likeness (QED) is 0.586. The van der Waals surface area contributed by atoms with Gasteiger partial charge in [0.15, 0.2) is 0 Å². The average molecular weight is 399 g/mol. The van der Waals surface area contributed by atoms with E-state index < -0.39 is 17.9 Å². The molecular weight excluding hydrogens is 382 g/mol. The summed E-state index contributed by atoms with van der Waals surface area (Å²) in [6.07, 6.45) is 1.69. The van der Waals surface area contributed by atoms with Crippen LogP contribution in [0.5, 0.6) is 5.75 Å². The van der Waals surface area contributed by atoms with E-state index >= 15 is 0 Å². The first-order valence-corrected chi connectivity index (χ1v) is 9.45. The fourth-order valence-electron chi connectivity index (χ4n) is 2.53. The van der Waals surface area contributed by atoms with E-state index in [1.165, 1.54) is 6.92 Å². The zero-order valence-electron chi connectivity index (χ0n) is 14.5. The molecule has 138 valence electrons. The highest BCUT2D eigenvalue weighted by atomic mass is 32.2. The van der Waals surface area contributed by atoms with E-state index in [0.717, 1.165) is 27.8 Å². The first kappa shape index (κ1) is 19.1. The fraction of sp³-hybridized carbons (Fsp3) is 0.150. The number of carboxylic acid groups (broad SMARTS) is 1. The van der Waals surface area contributed by atoms with Crippen molar-refractivity contribution in [2.75, 3.05) is 0 Å². The molecule has 0 aliphatic carbocycles. The number of ether oxygens (including phenoxy) is 1. The molecule has 1 saturated heterocycles. The molecule has 27 heavy (non-hydrogen) atoms. The predicted molar refractivity (Wildman–Crippen MR) is 109 cm³/mol. The molecule has 0 aromatic heterocycles. The Morgan fingerprint density at radius 2 is 1.89 bits per heavy atom. The van der Waals surface area contributed by atoms with Crippen molar-refractivity contribution in [3.05, 3.63) is 70.6 Å². The summed E-state index contributed by atoms with van der Waals surface area (Å²) in [6.45, 7) is 1.84. The molecule has 3 rings (SSSR count). The minimum atomic E-state index is -1.10. The minimum absolute atomic E-state index is 0.240. The predicted octanol–water partition coefficient (Wildman–Crippen LogP) is 3.94. The summed E-state index contributed by atoms with van der Waals surface area (Å²) in [6, 6.07) is 16.1. The zero-order chi connectivity index (χ0) is 19.4. The van der Waals surface area contributed by atoms with Crippen LogP contribution in [0.1, 0.15) is 18.1 Å². The number of carbonyl (C=O) groups excluding carboxylic acids is 1. The van der Waals surface area contributed by atoms with Crippen molar-refractivity contribution < 1.29 is 19.4 Å². The summed E-state index contributed by atoms with van der Waals surface area (Å²) in [7, 11) is 0. The third-order valence-corrected chi connectivity index (χ3v) is 5.34. The highest BCUT2D eigenvalue weighted by Gasteiger charge is 2.38. The average Bonchev–Trinajstić information content (AvgIpc) is 2.94. The Labute approximate surface area is 166 Å². The van der Waals surface area contributed by atoms with Crippen LogP contribution in [0.4, 0.5) is 0 Å². The molecule has 1 amide bonds. The maximum atomic E-state index is 12.6. The van der Waals surface area contributed by atoms with Crippen molar-refractivity contribution in [3.63, 3.8) is 0 Å². The van der Waals surface area contributed by atoms with Crippen LogP contribution in [0.15, 0.2) is 59.5 Å². The van der Waals surface area contributed by atoms with Gasteiger partial charge in [-0.15, -0.1) is 0 Å². The molecule has 1 fully saturated rings. The summed E-state index contributed by atoms with van der Waals surface area (Å²) < 4.78 is 6.14. The molecule has 0 radical (unpaired) electrons. The van der Waals surface area contributed by atoms with Crippen LogP contribution >= 0.6 is 24.0 Å². The number of thioether (sulfide) groups is 1. The molecule has 5 nitrogen and oxygen atoms in total. The van der Waals surface area contributed by atoms with Crippen molar-refractivity contribution >= 4 is 46.3 Å². The Hall–Kier alpha value is -2.64. The van der Waals surface area contributed by atoms with E-state index in [-0.39, 0.29) is 4.32 Å². The highest BCUT2D eigenvalue weighted by Crippen LogP contribution is 2.35. The van der Waals surface area contributed by atoms with Gasteiger partial charge in [-0.05, 0) is 24.6 Å². The SMILES string of the molecule is CC(C(=O)O)N1C(=O)C(=Cc2ccccc2OCc2ccccc2)SC1=S. The summed E-state index contributed by atoms with van der Waals surface area (Å²) in [4.78, 5) is 25.3. The number of aliphatic carboxylic acids is 1. The second-order valence-corrected chi connectivity index (χ2v) is 7.55. The van der Waals surface area contributed by atoms with E-state index in [2.05, 4.69) is 0 Å². The number of carbonyl (C=O) groups is 2. The zero-order valence-corrected chi connectivity index (χ0v) is 16.1. The molecule has 7 heteroatoms. The molecule has 2 aromatic rings. The second kappa shape index (κ2) is 8.37. The Bertz CT molecular complexity index is 911. The van der Waals surface area contributed by atoms with E-state index in [1.54, 1.807) is 6.08 Å². The van der Waals surface area contributed by atoms with Gasteiger partial charge in [-0.1, -0.05) is 72.5 Å². The van der Waals surface area contributed by atoms with Gasteiger partial charge < -0.3 is 9.84 Å². The van der Waals surface area contributed by atoms with Crippen molar-refractivity contribution in [1.82, 2.24) is 4.90 Å². The Morgan fingerprint density at radius 1 is 1.22 bits per heavy atom. The van der Waals surface area contributed by atoms with Crippen LogP contribution in [0, 0.1) is 0 Å². The number of nitrogens with zero attached hydrogens (tertiary/aromatic N) is 1. The van der Waals surface area contributed by atoms with E-state index in [9.17, 15) is 14.7 Å².